The molecular formula is C10H13NOS. The van der Waals surface area contributed by atoms with Gasteiger partial charge < -0.3 is 5.32 Å². The van der Waals surface area contributed by atoms with Crippen LogP contribution in [0.5, 0.6) is 0 Å². The Hall–Kier alpha value is -0.960. The maximum atomic E-state index is 11.4. The lowest BCUT2D eigenvalue weighted by atomic mass is 10.2. The molecule has 0 saturated carbocycles. The zero-order valence-corrected chi connectivity index (χ0v) is 8.26. The lowest BCUT2D eigenvalue weighted by Gasteiger charge is -2.02. The minimum atomic E-state index is -0.0117. The van der Waals surface area contributed by atoms with Crippen LogP contribution in [0.4, 0.5) is 0 Å². The summed E-state index contributed by atoms with van der Waals surface area (Å²) < 4.78 is 0. The number of amides is 1. The van der Waals surface area contributed by atoms with Gasteiger partial charge in [0.15, 0.2) is 0 Å². The molecule has 0 aromatic heterocycles. The van der Waals surface area contributed by atoms with Gasteiger partial charge in [0.2, 0.25) is 0 Å². The van der Waals surface area contributed by atoms with Crippen molar-refractivity contribution in [3.05, 3.63) is 35.9 Å². The number of carbonyl (C=O) groups excluding carboxylic acids is 1. The van der Waals surface area contributed by atoms with E-state index in [0.717, 1.165) is 12.2 Å². The summed E-state index contributed by atoms with van der Waals surface area (Å²) in [6.07, 6.45) is 0.904. The molecule has 0 heterocycles. The van der Waals surface area contributed by atoms with Gasteiger partial charge in [-0.05, 0) is 24.3 Å². The Balaban J connectivity index is 2.40. The molecule has 0 aliphatic heterocycles. The normalized spacial score (nSPS) is 9.62. The Kier molecular flexibility index (Phi) is 4.40. The van der Waals surface area contributed by atoms with E-state index >= 15 is 0 Å². The molecule has 1 N–H and O–H groups in total. The summed E-state index contributed by atoms with van der Waals surface area (Å²) in [6.45, 7) is 0.692. The van der Waals surface area contributed by atoms with Crippen LogP contribution >= 0.6 is 12.6 Å². The zero-order valence-electron chi connectivity index (χ0n) is 7.36. The summed E-state index contributed by atoms with van der Waals surface area (Å²) in [5.74, 6) is 0.789. The fourth-order valence-electron chi connectivity index (χ4n) is 0.973. The molecule has 0 spiro atoms. The van der Waals surface area contributed by atoms with Gasteiger partial charge in [-0.15, -0.1) is 0 Å². The molecule has 2 nitrogen and oxygen atoms in total. The summed E-state index contributed by atoms with van der Waals surface area (Å²) in [6, 6.07) is 9.21. The molecule has 0 bridgehead atoms. The highest BCUT2D eigenvalue weighted by molar-refractivity contribution is 7.80. The number of benzene rings is 1. The average Bonchev–Trinajstić information content (AvgIpc) is 2.19. The molecule has 3 heteroatoms. The molecule has 0 unspecified atom stereocenters. The molecule has 1 aromatic carbocycles. The van der Waals surface area contributed by atoms with Crippen molar-refractivity contribution in [2.45, 2.75) is 6.42 Å². The van der Waals surface area contributed by atoms with Crippen molar-refractivity contribution in [2.75, 3.05) is 12.3 Å². The van der Waals surface area contributed by atoms with E-state index in [4.69, 9.17) is 0 Å². The number of hydrogen-bond donors (Lipinski definition) is 2. The minimum absolute atomic E-state index is 0.0117. The molecule has 0 atom stereocenters. The lowest BCUT2D eigenvalue weighted by molar-refractivity contribution is 0.0954. The molecule has 1 amide bonds. The van der Waals surface area contributed by atoms with E-state index in [1.807, 2.05) is 18.2 Å². The lowest BCUT2D eigenvalue weighted by Crippen LogP contribution is -2.24. The minimum Gasteiger partial charge on any atom is -0.352 e. The largest absolute Gasteiger partial charge is 0.352 e. The van der Waals surface area contributed by atoms with Gasteiger partial charge in [0.05, 0.1) is 0 Å². The third kappa shape index (κ3) is 3.51. The van der Waals surface area contributed by atoms with Crippen molar-refractivity contribution in [1.82, 2.24) is 5.32 Å². The molecule has 70 valence electrons. The predicted molar refractivity (Wildman–Crippen MR) is 57.2 cm³/mol. The molecule has 0 aliphatic rings. The summed E-state index contributed by atoms with van der Waals surface area (Å²) >= 11 is 4.06. The van der Waals surface area contributed by atoms with Gasteiger partial charge in [0.25, 0.3) is 5.91 Å². The van der Waals surface area contributed by atoms with E-state index in [1.165, 1.54) is 0 Å². The Bertz CT molecular complexity index is 261. The first kappa shape index (κ1) is 10.1. The van der Waals surface area contributed by atoms with E-state index in [0.29, 0.717) is 12.1 Å². The molecule has 0 fully saturated rings. The van der Waals surface area contributed by atoms with E-state index in [-0.39, 0.29) is 5.91 Å². The third-order valence-electron chi connectivity index (χ3n) is 1.66. The van der Waals surface area contributed by atoms with Gasteiger partial charge >= 0.3 is 0 Å². The first-order chi connectivity index (χ1) is 6.34. The molecular weight excluding hydrogens is 182 g/mol. The highest BCUT2D eigenvalue weighted by Crippen LogP contribution is 1.97. The van der Waals surface area contributed by atoms with Gasteiger partial charge in [0, 0.05) is 12.1 Å². The molecule has 1 aromatic rings. The Morgan fingerprint density at radius 2 is 2.00 bits per heavy atom. The van der Waals surface area contributed by atoms with Crippen molar-refractivity contribution < 1.29 is 4.79 Å². The smallest absolute Gasteiger partial charge is 0.251 e. The number of rotatable bonds is 4. The van der Waals surface area contributed by atoms with Crippen molar-refractivity contribution in [1.29, 1.82) is 0 Å². The van der Waals surface area contributed by atoms with Crippen molar-refractivity contribution in [2.24, 2.45) is 0 Å². The Morgan fingerprint density at radius 3 is 2.62 bits per heavy atom. The molecule has 13 heavy (non-hydrogen) atoms. The monoisotopic (exact) mass is 195 g/mol. The number of thiol groups is 1. The van der Waals surface area contributed by atoms with Crippen LogP contribution in [-0.4, -0.2) is 18.2 Å². The highest BCUT2D eigenvalue weighted by atomic mass is 32.1. The second-order valence-corrected chi connectivity index (χ2v) is 3.15. The fourth-order valence-corrected chi connectivity index (χ4v) is 1.13. The first-order valence-corrected chi connectivity index (χ1v) is 4.92. The molecule has 1 rings (SSSR count). The first-order valence-electron chi connectivity index (χ1n) is 4.28. The maximum absolute atomic E-state index is 11.4. The maximum Gasteiger partial charge on any atom is 0.251 e. The van der Waals surface area contributed by atoms with Crippen molar-refractivity contribution in [3.63, 3.8) is 0 Å². The topological polar surface area (TPSA) is 29.1 Å². The molecule has 0 radical (unpaired) electrons. The van der Waals surface area contributed by atoms with Crippen molar-refractivity contribution in [3.8, 4) is 0 Å². The summed E-state index contributed by atoms with van der Waals surface area (Å²) in [7, 11) is 0. The standard InChI is InChI=1S/C10H13NOS/c12-10(11-7-4-8-13)9-5-2-1-3-6-9/h1-3,5-6,13H,4,7-8H2,(H,11,12). The molecule has 0 saturated heterocycles. The zero-order chi connectivity index (χ0) is 9.52. The quantitative estimate of drug-likeness (QED) is 0.556. The number of nitrogens with one attached hydrogen (secondary N) is 1. The highest BCUT2D eigenvalue weighted by Gasteiger charge is 2.01. The van der Waals surface area contributed by atoms with Crippen LogP contribution in [0, 0.1) is 0 Å². The van der Waals surface area contributed by atoms with E-state index in [1.54, 1.807) is 12.1 Å². The second-order valence-electron chi connectivity index (χ2n) is 2.70. The van der Waals surface area contributed by atoms with Gasteiger partial charge in [-0.25, -0.2) is 0 Å². The van der Waals surface area contributed by atoms with Gasteiger partial charge in [-0.2, -0.15) is 12.6 Å². The van der Waals surface area contributed by atoms with Crippen LogP contribution in [-0.2, 0) is 0 Å². The van der Waals surface area contributed by atoms with Crippen LogP contribution in [0.1, 0.15) is 16.8 Å². The Morgan fingerprint density at radius 1 is 1.31 bits per heavy atom. The van der Waals surface area contributed by atoms with E-state index in [9.17, 15) is 4.79 Å². The van der Waals surface area contributed by atoms with Gasteiger partial charge in [-0.1, -0.05) is 18.2 Å². The van der Waals surface area contributed by atoms with Gasteiger partial charge in [-0.3, -0.25) is 4.79 Å². The number of hydrogen-bond acceptors (Lipinski definition) is 2. The third-order valence-corrected chi connectivity index (χ3v) is 1.97. The molecule has 0 aliphatic carbocycles. The van der Waals surface area contributed by atoms with Crippen LogP contribution < -0.4 is 5.32 Å². The SMILES string of the molecule is O=C(NCCCS)c1ccccc1. The number of carbonyl (C=O) groups is 1. The summed E-state index contributed by atoms with van der Waals surface area (Å²) in [5, 5.41) is 2.81. The van der Waals surface area contributed by atoms with Gasteiger partial charge in [0.1, 0.15) is 0 Å². The average molecular weight is 195 g/mol. The van der Waals surface area contributed by atoms with Crippen LogP contribution in [0.2, 0.25) is 0 Å². The summed E-state index contributed by atoms with van der Waals surface area (Å²) in [5.41, 5.74) is 0.710. The van der Waals surface area contributed by atoms with Crippen molar-refractivity contribution >= 4 is 18.5 Å². The van der Waals surface area contributed by atoms with E-state index in [2.05, 4.69) is 17.9 Å². The van der Waals surface area contributed by atoms with Crippen LogP contribution in [0.15, 0.2) is 30.3 Å². The van der Waals surface area contributed by atoms with E-state index < -0.39 is 0 Å². The summed E-state index contributed by atoms with van der Waals surface area (Å²) in [4.78, 5) is 11.4. The fraction of sp³-hybridized carbons (Fsp3) is 0.300. The predicted octanol–water partition coefficient (Wildman–Crippen LogP) is 1.74. The van der Waals surface area contributed by atoms with Crippen LogP contribution in [0.3, 0.4) is 0 Å². The Labute approximate surface area is 83.8 Å². The van der Waals surface area contributed by atoms with Crippen LogP contribution in [0.25, 0.3) is 0 Å². The second kappa shape index (κ2) is 5.65.